The van der Waals surface area contributed by atoms with Gasteiger partial charge in [0.2, 0.25) is 0 Å². The summed E-state index contributed by atoms with van der Waals surface area (Å²) in [5.41, 5.74) is 2.07. The highest BCUT2D eigenvalue weighted by Crippen LogP contribution is 2.54. The SMILES string of the molecule is C=C1CC2CC[C@@]3(O)C[C@H](O)[C@@H]4CC5[C@@H](O3)C3O[C@H](CC[C@@H]3O[C@H]54)CC(=O)C[C@H]3C(C[C@H]4O[C@@H](CCC1O2)C[C@@H](C)C4=C)OC(C[C@H](O)CO)[C@@H]3OC. The molecule has 0 spiro atoms. The predicted octanol–water partition coefficient (Wildman–Crippen LogP) is 3.29. The van der Waals surface area contributed by atoms with Crippen LogP contribution in [0.5, 0.6) is 0 Å². The van der Waals surface area contributed by atoms with Gasteiger partial charge in [0.15, 0.2) is 5.79 Å². The highest BCUT2D eigenvalue weighted by Gasteiger charge is 2.62. The van der Waals surface area contributed by atoms with Crippen molar-refractivity contribution in [3.8, 4) is 0 Å². The molecule has 0 radical (unpaired) electrons. The average molecular weight is 747 g/mol. The van der Waals surface area contributed by atoms with Crippen molar-refractivity contribution >= 4 is 5.78 Å². The number of Topliss-reactive ketones (excluding diaryl/α,β-unsaturated/α-hetero) is 1. The summed E-state index contributed by atoms with van der Waals surface area (Å²) in [6.45, 7) is 10.6. The Labute approximate surface area is 313 Å². The third-order valence-corrected chi connectivity index (χ3v) is 14.2. The number of carbonyl (C=O) groups excluding carboxylic acids is 1. The molecule has 53 heavy (non-hydrogen) atoms. The van der Waals surface area contributed by atoms with Crippen LogP contribution in [0.2, 0.25) is 0 Å². The van der Waals surface area contributed by atoms with E-state index in [-0.39, 0.29) is 111 Å². The van der Waals surface area contributed by atoms with Gasteiger partial charge in [-0.3, -0.25) is 4.79 Å². The highest BCUT2D eigenvalue weighted by molar-refractivity contribution is 5.79. The van der Waals surface area contributed by atoms with Gasteiger partial charge in [-0.1, -0.05) is 20.1 Å². The van der Waals surface area contributed by atoms with Crippen LogP contribution < -0.4 is 0 Å². The molecule has 1 aliphatic carbocycles. The van der Waals surface area contributed by atoms with E-state index in [4.69, 9.17) is 33.2 Å². The number of rotatable bonds is 4. The first-order valence-electron chi connectivity index (χ1n) is 20.5. The van der Waals surface area contributed by atoms with Crippen LogP contribution in [0.4, 0.5) is 0 Å². The van der Waals surface area contributed by atoms with E-state index >= 15 is 0 Å². The lowest BCUT2D eigenvalue weighted by molar-refractivity contribution is -0.369. The Hall–Kier alpha value is -1.29. The first-order valence-corrected chi connectivity index (χ1v) is 20.5. The molecule has 8 aliphatic heterocycles. The Kier molecular flexibility index (Phi) is 11.3. The zero-order chi connectivity index (χ0) is 37.2. The molecule has 6 unspecified atom stereocenters. The van der Waals surface area contributed by atoms with Gasteiger partial charge in [0, 0.05) is 63.4 Å². The fraction of sp³-hybridized carbons (Fsp3) is 0.878. The monoisotopic (exact) mass is 746 g/mol. The molecule has 8 saturated heterocycles. The van der Waals surface area contributed by atoms with Crippen LogP contribution in [0.3, 0.4) is 0 Å². The Bertz CT molecular complexity index is 1360. The molecule has 12 heteroatoms. The Morgan fingerprint density at radius 2 is 1.60 bits per heavy atom. The number of carbonyl (C=O) groups is 1. The molecule has 9 aliphatic rings. The Morgan fingerprint density at radius 3 is 2.40 bits per heavy atom. The second-order valence-corrected chi connectivity index (χ2v) is 17.8. The van der Waals surface area contributed by atoms with Crippen molar-refractivity contribution in [3.05, 3.63) is 24.3 Å². The van der Waals surface area contributed by atoms with Crippen LogP contribution in [0, 0.1) is 23.7 Å². The van der Waals surface area contributed by atoms with E-state index < -0.39 is 42.4 Å². The van der Waals surface area contributed by atoms with E-state index in [1.54, 1.807) is 7.11 Å². The number of aliphatic hydroxyl groups excluding tert-OH is 3. The molecule has 12 nitrogen and oxygen atoms in total. The summed E-state index contributed by atoms with van der Waals surface area (Å²) >= 11 is 0. The van der Waals surface area contributed by atoms with E-state index in [1.165, 1.54) is 0 Å². The first-order chi connectivity index (χ1) is 25.4. The van der Waals surface area contributed by atoms with Crippen LogP contribution in [-0.2, 0) is 38.0 Å². The lowest BCUT2D eigenvalue weighted by Crippen LogP contribution is -2.70. The minimum atomic E-state index is -1.55. The van der Waals surface area contributed by atoms with Crippen molar-refractivity contribution in [2.24, 2.45) is 23.7 Å². The van der Waals surface area contributed by atoms with Gasteiger partial charge in [0.1, 0.15) is 11.9 Å². The largest absolute Gasteiger partial charge is 0.394 e. The van der Waals surface area contributed by atoms with Gasteiger partial charge in [-0.25, -0.2) is 0 Å². The number of fused-ring (bicyclic) bond motifs is 7. The van der Waals surface area contributed by atoms with Crippen LogP contribution in [0.1, 0.15) is 96.8 Å². The summed E-state index contributed by atoms with van der Waals surface area (Å²) in [5.74, 6) is -1.62. The lowest BCUT2D eigenvalue weighted by atomic mass is 9.61. The molecule has 1 saturated carbocycles. The maximum Gasteiger partial charge on any atom is 0.168 e. The van der Waals surface area contributed by atoms with Crippen molar-refractivity contribution < 1.29 is 58.4 Å². The summed E-state index contributed by atoms with van der Waals surface area (Å²) < 4.78 is 45.9. The molecule has 19 atom stereocenters. The molecule has 0 aromatic heterocycles. The minimum Gasteiger partial charge on any atom is -0.394 e. The van der Waals surface area contributed by atoms with Crippen molar-refractivity contribution in [1.29, 1.82) is 0 Å². The summed E-state index contributed by atoms with van der Waals surface area (Å²) in [6.07, 6.45) is 2.28. The first kappa shape index (κ1) is 38.6. The average Bonchev–Trinajstić information content (AvgIpc) is 3.62. The minimum absolute atomic E-state index is 0.00110. The van der Waals surface area contributed by atoms with E-state index in [9.17, 15) is 25.2 Å². The molecule has 4 N–H and O–H groups in total. The smallest absolute Gasteiger partial charge is 0.168 e. The topological polar surface area (TPSA) is 163 Å². The second kappa shape index (κ2) is 15.6. The summed E-state index contributed by atoms with van der Waals surface area (Å²) in [5, 5.41) is 43.4. The van der Waals surface area contributed by atoms with E-state index in [1.807, 2.05) is 0 Å². The highest BCUT2D eigenvalue weighted by atomic mass is 16.7. The lowest BCUT2D eigenvalue weighted by Gasteiger charge is -2.61. The maximum atomic E-state index is 14.0. The van der Waals surface area contributed by atoms with Crippen LogP contribution in [-0.4, -0.2) is 131 Å². The predicted molar refractivity (Wildman–Crippen MR) is 191 cm³/mol. The molecule has 0 amide bonds. The van der Waals surface area contributed by atoms with Gasteiger partial charge in [0.05, 0.1) is 86.0 Å². The van der Waals surface area contributed by atoms with Gasteiger partial charge in [-0.05, 0) is 68.4 Å². The van der Waals surface area contributed by atoms with Crippen molar-refractivity contribution in [2.45, 2.75) is 188 Å². The summed E-state index contributed by atoms with van der Waals surface area (Å²) in [6, 6.07) is 0. The van der Waals surface area contributed by atoms with Gasteiger partial charge in [-0.2, -0.15) is 0 Å². The van der Waals surface area contributed by atoms with Crippen LogP contribution >= 0.6 is 0 Å². The van der Waals surface area contributed by atoms with Gasteiger partial charge < -0.3 is 53.6 Å². The normalized spacial score (nSPS) is 51.1. The number of ketones is 1. The molecule has 0 aromatic rings. The summed E-state index contributed by atoms with van der Waals surface area (Å²) in [4.78, 5) is 14.0. The standard InChI is InChI=1S/C41H62O12/c1-20-11-25-5-7-32-21(2)12-27(48-32)9-10-41(46)18-31(45)28-16-30-37(28)52-33-8-6-26(50-40(33)39(30)53-41)13-23(43)14-29-35(17-34(49-25)22(20)3)51-36(38(29)47-4)15-24(44)19-42/h20,24-40,42,44-46H,2-3,5-19H2,1,4H3/t20-,24+,25+,26-,27?,28+,29+,30?,31+,32?,33+,34-,35?,36?,37+,38-,39-,40?,41+/m1/s1. The molecule has 0 aromatic carbocycles. The number of aliphatic hydroxyl groups is 4. The number of methoxy groups -OCH3 is 1. The fourth-order valence-electron chi connectivity index (χ4n) is 11.3. The molecule has 11 bridgehead atoms. The van der Waals surface area contributed by atoms with Gasteiger partial charge in [-0.15, -0.1) is 0 Å². The summed E-state index contributed by atoms with van der Waals surface area (Å²) in [7, 11) is 1.61. The Morgan fingerprint density at radius 1 is 0.830 bits per heavy atom. The molecular weight excluding hydrogens is 684 g/mol. The van der Waals surface area contributed by atoms with Crippen LogP contribution in [0.15, 0.2) is 24.3 Å². The van der Waals surface area contributed by atoms with Crippen molar-refractivity contribution in [1.82, 2.24) is 0 Å². The van der Waals surface area contributed by atoms with E-state index in [0.29, 0.717) is 38.5 Å². The third kappa shape index (κ3) is 7.74. The van der Waals surface area contributed by atoms with Gasteiger partial charge in [0.25, 0.3) is 0 Å². The molecule has 9 rings (SSSR count). The molecule has 9 fully saturated rings. The zero-order valence-electron chi connectivity index (χ0n) is 31.5. The molecule has 8 heterocycles. The Balaban J connectivity index is 1.07. The molecular formula is C41H62O12. The van der Waals surface area contributed by atoms with E-state index in [0.717, 1.165) is 36.8 Å². The van der Waals surface area contributed by atoms with E-state index in [2.05, 4.69) is 20.1 Å². The maximum absolute atomic E-state index is 14.0. The number of hydrogen-bond donors (Lipinski definition) is 4. The second-order valence-electron chi connectivity index (χ2n) is 17.8. The quantitative estimate of drug-likeness (QED) is 0.311. The molecule has 298 valence electrons. The fourth-order valence-corrected chi connectivity index (χ4v) is 11.3. The van der Waals surface area contributed by atoms with Crippen molar-refractivity contribution in [3.63, 3.8) is 0 Å². The van der Waals surface area contributed by atoms with Crippen LogP contribution in [0.25, 0.3) is 0 Å². The third-order valence-electron chi connectivity index (χ3n) is 14.2. The van der Waals surface area contributed by atoms with Crippen molar-refractivity contribution in [2.75, 3.05) is 13.7 Å². The number of ether oxygens (including phenoxy) is 7. The van der Waals surface area contributed by atoms with Gasteiger partial charge >= 0.3 is 0 Å². The zero-order valence-corrected chi connectivity index (χ0v) is 31.5. The number of hydrogen-bond acceptors (Lipinski definition) is 12.